The molecule has 3 aliphatic rings. The molecule has 0 aromatic heterocycles. The first-order valence-corrected chi connectivity index (χ1v) is 7.62. The largest absolute Gasteiger partial charge is 0.314 e. The summed E-state index contributed by atoms with van der Waals surface area (Å²) >= 11 is 6.13. The highest BCUT2D eigenvalue weighted by molar-refractivity contribution is 6.20. The van der Waals surface area contributed by atoms with Gasteiger partial charge in [-0.1, -0.05) is 6.42 Å². The molecule has 1 nitrogen and oxygen atoms in total. The van der Waals surface area contributed by atoms with Crippen LogP contribution < -0.4 is 5.32 Å². The standard InChI is InChI=1S/C14H24ClN/c15-13-3-5-14(6-4-13)16-9-12-8-10-1-2-11(12)7-10/h10-14,16H,1-9H2. The van der Waals surface area contributed by atoms with Crippen molar-refractivity contribution in [2.24, 2.45) is 17.8 Å². The van der Waals surface area contributed by atoms with Crippen molar-refractivity contribution in [3.8, 4) is 0 Å². The summed E-state index contributed by atoms with van der Waals surface area (Å²) in [6.07, 6.45) is 11.1. The molecule has 0 aromatic carbocycles. The molecule has 3 rings (SSSR count). The molecule has 1 N–H and O–H groups in total. The number of rotatable bonds is 3. The Morgan fingerprint density at radius 1 is 0.938 bits per heavy atom. The third-order valence-corrected chi connectivity index (χ3v) is 5.65. The summed E-state index contributed by atoms with van der Waals surface area (Å²) in [5.74, 6) is 3.17. The lowest BCUT2D eigenvalue weighted by molar-refractivity contribution is 0.285. The van der Waals surface area contributed by atoms with Crippen molar-refractivity contribution >= 4 is 11.6 Å². The molecule has 3 aliphatic carbocycles. The van der Waals surface area contributed by atoms with Crippen LogP contribution >= 0.6 is 11.6 Å². The van der Waals surface area contributed by atoms with Crippen molar-refractivity contribution < 1.29 is 0 Å². The fraction of sp³-hybridized carbons (Fsp3) is 1.00. The van der Waals surface area contributed by atoms with Crippen LogP contribution in [0, 0.1) is 17.8 Å². The van der Waals surface area contributed by atoms with Crippen molar-refractivity contribution in [1.82, 2.24) is 5.32 Å². The van der Waals surface area contributed by atoms with E-state index in [1.165, 1.54) is 51.5 Å². The van der Waals surface area contributed by atoms with E-state index in [-0.39, 0.29) is 0 Å². The molecule has 3 unspecified atom stereocenters. The minimum absolute atomic E-state index is 0.459. The van der Waals surface area contributed by atoms with E-state index >= 15 is 0 Å². The molecule has 3 atom stereocenters. The summed E-state index contributed by atoms with van der Waals surface area (Å²) in [7, 11) is 0. The van der Waals surface area contributed by atoms with Crippen LogP contribution in [0.3, 0.4) is 0 Å². The first-order valence-electron chi connectivity index (χ1n) is 7.18. The Morgan fingerprint density at radius 3 is 2.38 bits per heavy atom. The summed E-state index contributed by atoms with van der Waals surface area (Å²) in [5, 5.41) is 4.27. The predicted octanol–water partition coefficient (Wildman–Crippen LogP) is 3.56. The van der Waals surface area contributed by atoms with Crippen LogP contribution in [0.1, 0.15) is 51.4 Å². The average Bonchev–Trinajstić information content (AvgIpc) is 2.90. The van der Waals surface area contributed by atoms with Crippen molar-refractivity contribution in [1.29, 1.82) is 0 Å². The number of halogens is 1. The topological polar surface area (TPSA) is 12.0 Å². The van der Waals surface area contributed by atoms with Gasteiger partial charge in [0, 0.05) is 11.4 Å². The highest BCUT2D eigenvalue weighted by atomic mass is 35.5. The van der Waals surface area contributed by atoms with Crippen molar-refractivity contribution in [2.75, 3.05) is 6.54 Å². The number of hydrogen-bond acceptors (Lipinski definition) is 1. The van der Waals surface area contributed by atoms with Gasteiger partial charge in [-0.25, -0.2) is 0 Å². The third kappa shape index (κ3) is 2.41. The maximum atomic E-state index is 6.13. The van der Waals surface area contributed by atoms with Gasteiger partial charge in [-0.2, -0.15) is 0 Å². The van der Waals surface area contributed by atoms with Crippen LogP contribution in [0.25, 0.3) is 0 Å². The fourth-order valence-electron chi connectivity index (χ4n) is 4.20. The summed E-state index contributed by atoms with van der Waals surface area (Å²) < 4.78 is 0. The number of fused-ring (bicyclic) bond motifs is 2. The molecule has 0 radical (unpaired) electrons. The molecule has 3 fully saturated rings. The van der Waals surface area contributed by atoms with Gasteiger partial charge in [0.25, 0.3) is 0 Å². The number of hydrogen-bond donors (Lipinski definition) is 1. The Hall–Kier alpha value is 0.250. The van der Waals surface area contributed by atoms with Crippen molar-refractivity contribution in [3.05, 3.63) is 0 Å². The van der Waals surface area contributed by atoms with Crippen molar-refractivity contribution in [3.63, 3.8) is 0 Å². The highest BCUT2D eigenvalue weighted by Gasteiger charge is 2.39. The van der Waals surface area contributed by atoms with Gasteiger partial charge in [0.15, 0.2) is 0 Å². The van der Waals surface area contributed by atoms with Gasteiger partial charge in [0.2, 0.25) is 0 Å². The SMILES string of the molecule is ClC1CCC(NCC2CC3CCC2C3)CC1. The monoisotopic (exact) mass is 241 g/mol. The average molecular weight is 242 g/mol. The quantitative estimate of drug-likeness (QED) is 0.745. The Balaban J connectivity index is 1.40. The van der Waals surface area contributed by atoms with Gasteiger partial charge in [-0.05, 0) is 69.2 Å². The van der Waals surface area contributed by atoms with E-state index in [0.717, 1.165) is 23.8 Å². The Morgan fingerprint density at radius 2 is 1.75 bits per heavy atom. The normalized spacial score (nSPS) is 47.4. The molecule has 0 spiro atoms. The molecule has 0 aromatic rings. The van der Waals surface area contributed by atoms with E-state index in [9.17, 15) is 0 Å². The molecular formula is C14H24ClN. The molecule has 3 saturated carbocycles. The zero-order valence-corrected chi connectivity index (χ0v) is 10.9. The van der Waals surface area contributed by atoms with Gasteiger partial charge in [0.05, 0.1) is 0 Å². The number of alkyl halides is 1. The Labute approximate surface area is 104 Å². The molecule has 92 valence electrons. The third-order valence-electron chi connectivity index (χ3n) is 5.21. The summed E-state index contributed by atoms with van der Waals surface area (Å²) in [6, 6.07) is 0.772. The Kier molecular flexibility index (Phi) is 3.44. The van der Waals surface area contributed by atoms with Gasteiger partial charge in [-0.15, -0.1) is 11.6 Å². The minimum Gasteiger partial charge on any atom is -0.314 e. The van der Waals surface area contributed by atoms with Crippen LogP contribution in [0.2, 0.25) is 0 Å². The van der Waals surface area contributed by atoms with E-state index in [1.807, 2.05) is 0 Å². The van der Waals surface area contributed by atoms with Crippen LogP contribution in [0.15, 0.2) is 0 Å². The summed E-state index contributed by atoms with van der Waals surface area (Å²) in [4.78, 5) is 0. The van der Waals surface area contributed by atoms with Gasteiger partial charge >= 0.3 is 0 Å². The molecule has 2 bridgehead atoms. The second-order valence-electron chi connectivity index (χ2n) is 6.29. The zero-order chi connectivity index (χ0) is 11.0. The number of nitrogens with one attached hydrogen (secondary N) is 1. The van der Waals surface area contributed by atoms with E-state index in [1.54, 1.807) is 6.42 Å². The van der Waals surface area contributed by atoms with Crippen LogP contribution in [-0.2, 0) is 0 Å². The molecule has 16 heavy (non-hydrogen) atoms. The molecule has 2 heteroatoms. The van der Waals surface area contributed by atoms with E-state index < -0.39 is 0 Å². The van der Waals surface area contributed by atoms with Gasteiger partial charge in [-0.3, -0.25) is 0 Å². The predicted molar refractivity (Wildman–Crippen MR) is 68.8 cm³/mol. The first-order chi connectivity index (χ1) is 7.81. The van der Waals surface area contributed by atoms with E-state index in [0.29, 0.717) is 5.38 Å². The van der Waals surface area contributed by atoms with E-state index in [2.05, 4.69) is 5.32 Å². The fourth-order valence-corrected chi connectivity index (χ4v) is 4.45. The molecule has 0 aliphatic heterocycles. The maximum absolute atomic E-state index is 6.13. The maximum Gasteiger partial charge on any atom is 0.0337 e. The van der Waals surface area contributed by atoms with E-state index in [4.69, 9.17) is 11.6 Å². The molecule has 0 amide bonds. The van der Waals surface area contributed by atoms with Crippen LogP contribution in [0.4, 0.5) is 0 Å². The molecular weight excluding hydrogens is 218 g/mol. The second-order valence-corrected chi connectivity index (χ2v) is 6.91. The van der Waals surface area contributed by atoms with Crippen LogP contribution in [-0.4, -0.2) is 18.0 Å². The molecule has 0 saturated heterocycles. The highest BCUT2D eigenvalue weighted by Crippen LogP contribution is 2.48. The van der Waals surface area contributed by atoms with Crippen molar-refractivity contribution in [2.45, 2.75) is 62.8 Å². The van der Waals surface area contributed by atoms with Gasteiger partial charge < -0.3 is 5.32 Å². The first kappa shape index (κ1) is 11.3. The minimum atomic E-state index is 0.459. The molecule has 0 heterocycles. The summed E-state index contributed by atoms with van der Waals surface area (Å²) in [6.45, 7) is 1.29. The van der Waals surface area contributed by atoms with Crippen LogP contribution in [0.5, 0.6) is 0 Å². The second kappa shape index (κ2) is 4.86. The lowest BCUT2D eigenvalue weighted by atomic mass is 9.88. The smallest absolute Gasteiger partial charge is 0.0337 e. The Bertz CT molecular complexity index is 235. The lowest BCUT2D eigenvalue weighted by Crippen LogP contribution is -2.37. The summed E-state index contributed by atoms with van der Waals surface area (Å²) in [5.41, 5.74) is 0. The van der Waals surface area contributed by atoms with Gasteiger partial charge in [0.1, 0.15) is 0 Å². The lowest BCUT2D eigenvalue weighted by Gasteiger charge is -2.29. The zero-order valence-electron chi connectivity index (χ0n) is 10.1.